The van der Waals surface area contributed by atoms with E-state index in [0.29, 0.717) is 18.1 Å². The predicted molar refractivity (Wildman–Crippen MR) is 81.3 cm³/mol. The highest BCUT2D eigenvalue weighted by Gasteiger charge is 2.33. The van der Waals surface area contributed by atoms with Crippen molar-refractivity contribution in [2.45, 2.75) is 18.6 Å². The number of methoxy groups -OCH3 is 1. The van der Waals surface area contributed by atoms with Gasteiger partial charge in [-0.2, -0.15) is 13.2 Å². The highest BCUT2D eigenvalue weighted by molar-refractivity contribution is 6.30. The van der Waals surface area contributed by atoms with Crippen LogP contribution in [0.2, 0.25) is 5.02 Å². The van der Waals surface area contributed by atoms with Crippen LogP contribution >= 0.6 is 11.6 Å². The lowest BCUT2D eigenvalue weighted by atomic mass is 10.0. The second-order valence-corrected chi connectivity index (χ2v) is 5.23. The molecule has 4 nitrogen and oxygen atoms in total. The quantitative estimate of drug-likeness (QED) is 0.846. The molecule has 2 aromatic rings. The first-order chi connectivity index (χ1) is 10.9. The zero-order chi connectivity index (χ0) is 16.9. The second-order valence-electron chi connectivity index (χ2n) is 4.79. The van der Waals surface area contributed by atoms with E-state index in [2.05, 4.69) is 15.3 Å². The first kappa shape index (κ1) is 17.5. The maximum absolute atomic E-state index is 12.7. The van der Waals surface area contributed by atoms with Crippen LogP contribution in [0, 0.1) is 0 Å². The number of nitrogens with one attached hydrogen (secondary N) is 1. The fourth-order valence-corrected chi connectivity index (χ4v) is 2.12. The number of nitrogens with zero attached hydrogens (tertiary/aromatic N) is 2. The minimum Gasteiger partial charge on any atom is -0.385 e. The molecule has 124 valence electrons. The Labute approximate surface area is 136 Å². The highest BCUT2D eigenvalue weighted by Crippen LogP contribution is 2.28. The van der Waals surface area contributed by atoms with Gasteiger partial charge in [-0.3, -0.25) is 0 Å². The maximum Gasteiger partial charge on any atom is 0.433 e. The zero-order valence-electron chi connectivity index (χ0n) is 12.3. The second kappa shape index (κ2) is 7.61. The van der Waals surface area contributed by atoms with Crippen molar-refractivity contribution in [2.24, 2.45) is 0 Å². The van der Waals surface area contributed by atoms with Gasteiger partial charge in [0, 0.05) is 24.9 Å². The third kappa shape index (κ3) is 5.07. The van der Waals surface area contributed by atoms with E-state index in [1.54, 1.807) is 31.4 Å². The Morgan fingerprint density at radius 2 is 1.91 bits per heavy atom. The third-order valence-electron chi connectivity index (χ3n) is 3.13. The number of rotatable bonds is 6. The SMILES string of the molecule is COCCC(Nc1nccc(C(F)(F)F)n1)c1ccc(Cl)cc1. The molecule has 0 aliphatic rings. The Morgan fingerprint density at radius 3 is 2.52 bits per heavy atom. The molecule has 0 aliphatic heterocycles. The van der Waals surface area contributed by atoms with Gasteiger partial charge in [0.1, 0.15) is 5.69 Å². The number of ether oxygens (including phenoxy) is 1. The molecule has 23 heavy (non-hydrogen) atoms. The van der Waals surface area contributed by atoms with Gasteiger partial charge >= 0.3 is 6.18 Å². The van der Waals surface area contributed by atoms with Crippen LogP contribution in [-0.2, 0) is 10.9 Å². The fourth-order valence-electron chi connectivity index (χ4n) is 1.99. The van der Waals surface area contributed by atoms with E-state index in [0.717, 1.165) is 17.8 Å². The van der Waals surface area contributed by atoms with Gasteiger partial charge < -0.3 is 10.1 Å². The molecule has 1 aromatic heterocycles. The molecule has 0 radical (unpaired) electrons. The van der Waals surface area contributed by atoms with E-state index in [1.807, 2.05) is 0 Å². The molecule has 1 atom stereocenters. The average Bonchev–Trinajstić information content (AvgIpc) is 2.52. The summed E-state index contributed by atoms with van der Waals surface area (Å²) in [5, 5.41) is 3.50. The van der Waals surface area contributed by atoms with Gasteiger partial charge in [-0.25, -0.2) is 9.97 Å². The summed E-state index contributed by atoms with van der Waals surface area (Å²) in [6.07, 6.45) is -2.90. The molecule has 1 N–H and O–H groups in total. The molecule has 2 rings (SSSR count). The number of alkyl halides is 3. The van der Waals surface area contributed by atoms with Crippen molar-refractivity contribution < 1.29 is 17.9 Å². The maximum atomic E-state index is 12.7. The van der Waals surface area contributed by atoms with Crippen molar-refractivity contribution in [2.75, 3.05) is 19.0 Å². The molecule has 0 aliphatic carbocycles. The number of hydrogen-bond donors (Lipinski definition) is 1. The molecule has 0 saturated carbocycles. The van der Waals surface area contributed by atoms with Crippen molar-refractivity contribution in [3.8, 4) is 0 Å². The summed E-state index contributed by atoms with van der Waals surface area (Å²) in [4.78, 5) is 7.38. The minimum absolute atomic E-state index is 0.0871. The molecule has 0 fully saturated rings. The minimum atomic E-state index is -4.51. The van der Waals surface area contributed by atoms with Gasteiger partial charge in [0.15, 0.2) is 0 Å². The van der Waals surface area contributed by atoms with Crippen LogP contribution in [0.4, 0.5) is 19.1 Å². The number of aromatic nitrogens is 2. The summed E-state index contributed by atoms with van der Waals surface area (Å²) in [6.45, 7) is 0.430. The van der Waals surface area contributed by atoms with Crippen LogP contribution in [0.15, 0.2) is 36.5 Å². The molecule has 0 bridgehead atoms. The lowest BCUT2D eigenvalue weighted by Crippen LogP contribution is -2.17. The number of anilines is 1. The van der Waals surface area contributed by atoms with E-state index in [1.165, 1.54) is 0 Å². The van der Waals surface area contributed by atoms with Crippen LogP contribution in [0.1, 0.15) is 23.7 Å². The largest absolute Gasteiger partial charge is 0.433 e. The van der Waals surface area contributed by atoms with Crippen LogP contribution < -0.4 is 5.32 Å². The Kier molecular flexibility index (Phi) is 5.79. The zero-order valence-corrected chi connectivity index (χ0v) is 13.0. The van der Waals surface area contributed by atoms with Gasteiger partial charge in [-0.05, 0) is 30.2 Å². The van der Waals surface area contributed by atoms with Crippen LogP contribution in [0.25, 0.3) is 0 Å². The van der Waals surface area contributed by atoms with Crippen molar-refractivity contribution >= 4 is 17.5 Å². The van der Waals surface area contributed by atoms with Crippen molar-refractivity contribution in [1.82, 2.24) is 9.97 Å². The number of halogens is 4. The molecule has 0 saturated heterocycles. The third-order valence-corrected chi connectivity index (χ3v) is 3.38. The van der Waals surface area contributed by atoms with Crippen LogP contribution in [0.5, 0.6) is 0 Å². The Balaban J connectivity index is 2.22. The first-order valence-corrected chi connectivity index (χ1v) is 7.19. The molecule has 0 spiro atoms. The molecule has 0 amide bonds. The van der Waals surface area contributed by atoms with Crippen molar-refractivity contribution in [3.05, 3.63) is 52.8 Å². The smallest absolute Gasteiger partial charge is 0.385 e. The van der Waals surface area contributed by atoms with Gasteiger partial charge in [0.2, 0.25) is 5.95 Å². The van der Waals surface area contributed by atoms with Crippen molar-refractivity contribution in [3.63, 3.8) is 0 Å². The molecule has 8 heteroatoms. The van der Waals surface area contributed by atoms with Crippen LogP contribution in [-0.4, -0.2) is 23.7 Å². The topological polar surface area (TPSA) is 47.0 Å². The number of hydrogen-bond acceptors (Lipinski definition) is 4. The van der Waals surface area contributed by atoms with Gasteiger partial charge in [0.05, 0.1) is 6.04 Å². The monoisotopic (exact) mass is 345 g/mol. The van der Waals surface area contributed by atoms with E-state index in [-0.39, 0.29) is 12.0 Å². The average molecular weight is 346 g/mol. The van der Waals surface area contributed by atoms with E-state index in [9.17, 15) is 13.2 Å². The van der Waals surface area contributed by atoms with E-state index >= 15 is 0 Å². The summed E-state index contributed by atoms with van der Waals surface area (Å²) in [5.74, 6) is -0.0871. The fraction of sp³-hybridized carbons (Fsp3) is 0.333. The summed E-state index contributed by atoms with van der Waals surface area (Å²) >= 11 is 5.86. The molecule has 1 unspecified atom stereocenters. The molecule has 1 aromatic carbocycles. The van der Waals surface area contributed by atoms with Crippen LogP contribution in [0.3, 0.4) is 0 Å². The Hall–Kier alpha value is -1.86. The standard InChI is InChI=1S/C15H15ClF3N3O/c1-23-9-7-12(10-2-4-11(16)5-3-10)21-14-20-8-6-13(22-14)15(17,18)19/h2-6,8,12H,7,9H2,1H3,(H,20,21,22). The lowest BCUT2D eigenvalue weighted by Gasteiger charge is -2.19. The van der Waals surface area contributed by atoms with E-state index < -0.39 is 11.9 Å². The Bertz CT molecular complexity index is 635. The molecular weight excluding hydrogens is 331 g/mol. The Morgan fingerprint density at radius 1 is 1.22 bits per heavy atom. The predicted octanol–water partition coefficient (Wildman–Crippen LogP) is 4.34. The first-order valence-electron chi connectivity index (χ1n) is 6.81. The summed E-state index contributed by atoms with van der Waals surface area (Å²) in [7, 11) is 1.56. The summed E-state index contributed by atoms with van der Waals surface area (Å²) in [5.41, 5.74) is -0.135. The highest BCUT2D eigenvalue weighted by atomic mass is 35.5. The lowest BCUT2D eigenvalue weighted by molar-refractivity contribution is -0.141. The van der Waals surface area contributed by atoms with Gasteiger partial charge in [0.25, 0.3) is 0 Å². The molecular formula is C15H15ClF3N3O. The summed E-state index contributed by atoms with van der Waals surface area (Å²) < 4.78 is 43.2. The molecule has 1 heterocycles. The number of benzene rings is 1. The van der Waals surface area contributed by atoms with Crippen molar-refractivity contribution in [1.29, 1.82) is 0 Å². The summed E-state index contributed by atoms with van der Waals surface area (Å²) in [6, 6.07) is 7.55. The normalized spacial score (nSPS) is 12.9. The van der Waals surface area contributed by atoms with Gasteiger partial charge in [-0.15, -0.1) is 0 Å². The van der Waals surface area contributed by atoms with E-state index in [4.69, 9.17) is 16.3 Å². The van der Waals surface area contributed by atoms with Gasteiger partial charge in [-0.1, -0.05) is 23.7 Å².